The smallest absolute Gasteiger partial charge is 0.238 e. The summed E-state index contributed by atoms with van der Waals surface area (Å²) < 4.78 is 13.8. The highest BCUT2D eigenvalue weighted by molar-refractivity contribution is 7.98. The molecule has 2 atom stereocenters. The number of nitrogens with zero attached hydrogens (tertiary/aromatic N) is 3. The van der Waals surface area contributed by atoms with Crippen molar-refractivity contribution >= 4 is 35.4 Å². The van der Waals surface area contributed by atoms with Crippen molar-refractivity contribution in [3.8, 4) is 0 Å². The summed E-state index contributed by atoms with van der Waals surface area (Å²) in [4.78, 5) is 24.7. The van der Waals surface area contributed by atoms with Crippen molar-refractivity contribution < 1.29 is 9.18 Å². The molecule has 7 heteroatoms. The number of halogens is 1. The van der Waals surface area contributed by atoms with Crippen LogP contribution in [0.25, 0.3) is 0 Å². The van der Waals surface area contributed by atoms with E-state index in [-0.39, 0.29) is 30.4 Å². The van der Waals surface area contributed by atoms with Gasteiger partial charge in [0.05, 0.1) is 24.3 Å². The third-order valence-electron chi connectivity index (χ3n) is 4.99. The van der Waals surface area contributed by atoms with Gasteiger partial charge < -0.3 is 5.32 Å². The lowest BCUT2D eigenvalue weighted by molar-refractivity contribution is -0.117. The average molecular weight is 396 g/mol. The normalized spacial score (nSPS) is 21.3. The predicted molar refractivity (Wildman–Crippen MR) is 112 cm³/mol. The maximum atomic E-state index is 13.8. The summed E-state index contributed by atoms with van der Waals surface area (Å²) in [5.74, 6) is -0.393. The number of aliphatic imine (C=N–C) groups is 2. The highest BCUT2D eigenvalue weighted by atomic mass is 32.2. The summed E-state index contributed by atoms with van der Waals surface area (Å²) in [7, 11) is 0. The molecule has 0 aliphatic carbocycles. The molecular weight excluding hydrogens is 375 g/mol. The van der Waals surface area contributed by atoms with E-state index in [4.69, 9.17) is 0 Å². The van der Waals surface area contributed by atoms with Gasteiger partial charge in [-0.15, -0.1) is 11.8 Å². The third-order valence-corrected chi connectivity index (χ3v) is 5.72. The Morgan fingerprint density at radius 3 is 2.96 bits per heavy atom. The standard InChI is InChI=1S/C21H21FN4OS/c1-28-17-7-3-6-16(11-17)25-19(27)12-26-9-8-18-20(24-13-23-18)21(26)14-4-2-5-15(22)10-14/h2-7,10-11,13,18,21H,8-9,12H2,1H3,(H,25,27). The molecule has 0 spiro atoms. The second-order valence-corrected chi connectivity index (χ2v) is 7.71. The second-order valence-electron chi connectivity index (χ2n) is 6.83. The van der Waals surface area contributed by atoms with Gasteiger partial charge in [-0.1, -0.05) is 18.2 Å². The minimum Gasteiger partial charge on any atom is -0.325 e. The number of amides is 1. The van der Waals surface area contributed by atoms with Crippen LogP contribution in [0.5, 0.6) is 0 Å². The minimum absolute atomic E-state index is 0.0193. The lowest BCUT2D eigenvalue weighted by Gasteiger charge is -2.37. The van der Waals surface area contributed by atoms with Crippen molar-refractivity contribution in [3.05, 3.63) is 59.9 Å². The Labute approximate surface area is 167 Å². The molecule has 0 bridgehead atoms. The van der Waals surface area contributed by atoms with E-state index in [9.17, 15) is 9.18 Å². The molecule has 1 saturated heterocycles. The summed E-state index contributed by atoms with van der Waals surface area (Å²) in [6, 6.07) is 14.0. The number of likely N-dealkylation sites (tertiary alicyclic amines) is 1. The molecule has 2 unspecified atom stereocenters. The molecule has 28 heavy (non-hydrogen) atoms. The van der Waals surface area contributed by atoms with Crippen LogP contribution in [0.4, 0.5) is 10.1 Å². The van der Waals surface area contributed by atoms with Crippen LogP contribution < -0.4 is 5.32 Å². The van der Waals surface area contributed by atoms with Crippen LogP contribution in [-0.2, 0) is 4.79 Å². The van der Waals surface area contributed by atoms with Gasteiger partial charge in [0.1, 0.15) is 12.2 Å². The molecule has 2 aromatic rings. The van der Waals surface area contributed by atoms with Gasteiger partial charge in [0.2, 0.25) is 5.91 Å². The van der Waals surface area contributed by atoms with E-state index in [1.54, 1.807) is 24.2 Å². The van der Waals surface area contributed by atoms with Crippen molar-refractivity contribution in [3.63, 3.8) is 0 Å². The fourth-order valence-corrected chi connectivity index (χ4v) is 4.20. The number of hydrogen-bond acceptors (Lipinski definition) is 5. The molecule has 5 nitrogen and oxygen atoms in total. The Morgan fingerprint density at radius 2 is 2.14 bits per heavy atom. The van der Waals surface area contributed by atoms with Crippen molar-refractivity contribution in [1.29, 1.82) is 0 Å². The minimum atomic E-state index is -0.294. The van der Waals surface area contributed by atoms with E-state index in [2.05, 4.69) is 15.3 Å². The molecule has 1 fully saturated rings. The number of rotatable bonds is 5. The lowest BCUT2D eigenvalue weighted by atomic mass is 9.90. The number of hydrogen-bond donors (Lipinski definition) is 1. The Hall–Kier alpha value is -2.51. The molecule has 0 radical (unpaired) electrons. The van der Waals surface area contributed by atoms with E-state index >= 15 is 0 Å². The number of nitrogens with one attached hydrogen (secondary N) is 1. The lowest BCUT2D eigenvalue weighted by Crippen LogP contribution is -2.47. The van der Waals surface area contributed by atoms with E-state index in [0.29, 0.717) is 6.54 Å². The number of carbonyl (C=O) groups is 1. The zero-order chi connectivity index (χ0) is 19.5. The summed E-state index contributed by atoms with van der Waals surface area (Å²) in [5, 5.41) is 2.97. The van der Waals surface area contributed by atoms with Crippen LogP contribution in [0.2, 0.25) is 0 Å². The van der Waals surface area contributed by atoms with Crippen LogP contribution in [-0.4, -0.2) is 48.2 Å². The van der Waals surface area contributed by atoms with E-state index in [0.717, 1.165) is 28.3 Å². The fraction of sp³-hybridized carbons (Fsp3) is 0.286. The van der Waals surface area contributed by atoms with Crippen LogP contribution in [0.3, 0.4) is 0 Å². The quantitative estimate of drug-likeness (QED) is 0.783. The third kappa shape index (κ3) is 4.00. The average Bonchev–Trinajstić information content (AvgIpc) is 3.16. The second kappa shape index (κ2) is 8.24. The molecule has 1 N–H and O–H groups in total. The predicted octanol–water partition coefficient (Wildman–Crippen LogP) is 3.78. The highest BCUT2D eigenvalue weighted by Crippen LogP contribution is 2.32. The first-order chi connectivity index (χ1) is 13.6. The Bertz CT molecular complexity index is 946. The van der Waals surface area contributed by atoms with E-state index in [1.807, 2.05) is 41.5 Å². The first-order valence-corrected chi connectivity index (χ1v) is 10.4. The van der Waals surface area contributed by atoms with E-state index in [1.165, 1.54) is 12.1 Å². The molecule has 2 heterocycles. The Morgan fingerprint density at radius 1 is 1.29 bits per heavy atom. The number of fused-ring (bicyclic) bond motifs is 1. The van der Waals surface area contributed by atoms with Crippen LogP contribution in [0.15, 0.2) is 63.4 Å². The SMILES string of the molecule is CSc1cccc(NC(=O)CN2CCC3N=CN=C3C2c2cccc(F)c2)c1. The maximum Gasteiger partial charge on any atom is 0.238 e. The van der Waals surface area contributed by atoms with Gasteiger partial charge >= 0.3 is 0 Å². The highest BCUT2D eigenvalue weighted by Gasteiger charge is 2.37. The summed E-state index contributed by atoms with van der Waals surface area (Å²) in [6.07, 6.45) is 4.37. The van der Waals surface area contributed by atoms with Crippen molar-refractivity contribution in [2.24, 2.45) is 9.98 Å². The molecule has 1 amide bonds. The van der Waals surface area contributed by atoms with Gasteiger partial charge in [0.25, 0.3) is 0 Å². The number of carbonyl (C=O) groups excluding carboxylic acids is 1. The first-order valence-electron chi connectivity index (χ1n) is 9.16. The summed E-state index contributed by atoms with van der Waals surface area (Å²) >= 11 is 1.63. The van der Waals surface area contributed by atoms with Gasteiger partial charge in [-0.2, -0.15) is 0 Å². The largest absolute Gasteiger partial charge is 0.325 e. The molecule has 2 aromatic carbocycles. The van der Waals surface area contributed by atoms with Gasteiger partial charge in [-0.25, -0.2) is 9.38 Å². The molecule has 2 aliphatic rings. The van der Waals surface area contributed by atoms with Gasteiger partial charge in [0.15, 0.2) is 0 Å². The topological polar surface area (TPSA) is 57.1 Å². The number of thioether (sulfide) groups is 1. The fourth-order valence-electron chi connectivity index (χ4n) is 3.74. The molecule has 4 rings (SSSR count). The van der Waals surface area contributed by atoms with Gasteiger partial charge in [-0.3, -0.25) is 14.7 Å². The molecule has 2 aliphatic heterocycles. The zero-order valence-electron chi connectivity index (χ0n) is 15.5. The first kappa shape index (κ1) is 18.8. The number of anilines is 1. The van der Waals surface area contributed by atoms with Crippen molar-refractivity contribution in [2.75, 3.05) is 24.7 Å². The Balaban J connectivity index is 1.54. The van der Waals surface area contributed by atoms with Gasteiger partial charge in [0, 0.05) is 17.1 Å². The number of benzene rings is 2. The molecular formula is C21H21FN4OS. The summed E-state index contributed by atoms with van der Waals surface area (Å²) in [6.45, 7) is 0.900. The number of piperidine rings is 1. The van der Waals surface area contributed by atoms with Crippen molar-refractivity contribution in [1.82, 2.24) is 4.90 Å². The van der Waals surface area contributed by atoms with E-state index < -0.39 is 0 Å². The molecule has 144 valence electrons. The Kier molecular flexibility index (Phi) is 5.54. The van der Waals surface area contributed by atoms with Crippen molar-refractivity contribution in [2.45, 2.75) is 23.4 Å². The van der Waals surface area contributed by atoms with Crippen LogP contribution in [0, 0.1) is 5.82 Å². The van der Waals surface area contributed by atoms with Gasteiger partial charge in [-0.05, 0) is 48.6 Å². The molecule has 0 aromatic heterocycles. The monoisotopic (exact) mass is 396 g/mol. The maximum absolute atomic E-state index is 13.8. The molecule has 0 saturated carbocycles. The van der Waals surface area contributed by atoms with Crippen LogP contribution in [0.1, 0.15) is 18.0 Å². The van der Waals surface area contributed by atoms with Crippen LogP contribution >= 0.6 is 11.8 Å². The zero-order valence-corrected chi connectivity index (χ0v) is 16.3. The summed E-state index contributed by atoms with van der Waals surface area (Å²) in [5.41, 5.74) is 2.45.